The fourth-order valence-corrected chi connectivity index (χ4v) is 3.31. The molecule has 0 spiro atoms. The number of rotatable bonds is 6. The van der Waals surface area contributed by atoms with Gasteiger partial charge in [0.05, 0.1) is 12.7 Å². The Morgan fingerprint density at radius 2 is 2.05 bits per heavy atom. The third kappa shape index (κ3) is 4.70. The molecule has 7 heteroatoms. The molecule has 0 atom stereocenters. The van der Waals surface area contributed by atoms with E-state index in [0.29, 0.717) is 6.61 Å². The van der Waals surface area contributed by atoms with Crippen LogP contribution in [0.25, 0.3) is 0 Å². The average Bonchev–Trinajstić information content (AvgIpc) is 2.45. The zero-order valence-corrected chi connectivity index (χ0v) is 12.8. The summed E-state index contributed by atoms with van der Waals surface area (Å²) in [5.74, 6) is 0. The lowest BCUT2D eigenvalue weighted by molar-refractivity contribution is 0.0321. The second kappa shape index (κ2) is 7.36. The summed E-state index contributed by atoms with van der Waals surface area (Å²) >= 11 is 5.63. The van der Waals surface area contributed by atoms with E-state index in [1.54, 1.807) is 0 Å². The van der Waals surface area contributed by atoms with Crippen molar-refractivity contribution in [2.24, 2.45) is 0 Å². The lowest BCUT2D eigenvalue weighted by atomic mass is 9.98. The first-order chi connectivity index (χ1) is 9.58. The highest BCUT2D eigenvalue weighted by Gasteiger charge is 2.16. The molecule has 1 aromatic heterocycles. The van der Waals surface area contributed by atoms with Crippen LogP contribution in [0.1, 0.15) is 32.1 Å². The molecule has 0 unspecified atom stereocenters. The van der Waals surface area contributed by atoms with Crippen LogP contribution in [-0.4, -0.2) is 32.7 Å². The van der Waals surface area contributed by atoms with E-state index in [2.05, 4.69) is 9.71 Å². The monoisotopic (exact) mass is 318 g/mol. The lowest BCUT2D eigenvalue weighted by Gasteiger charge is -2.21. The zero-order valence-electron chi connectivity index (χ0n) is 11.2. The molecule has 1 aliphatic carbocycles. The molecule has 1 N–H and O–H groups in total. The van der Waals surface area contributed by atoms with Crippen molar-refractivity contribution in [3.05, 3.63) is 23.5 Å². The van der Waals surface area contributed by atoms with Gasteiger partial charge in [0.2, 0.25) is 10.0 Å². The van der Waals surface area contributed by atoms with Crippen molar-refractivity contribution in [1.29, 1.82) is 0 Å². The largest absolute Gasteiger partial charge is 0.377 e. The van der Waals surface area contributed by atoms with Gasteiger partial charge in [0.15, 0.2) is 0 Å². The molecule has 1 saturated carbocycles. The smallest absolute Gasteiger partial charge is 0.242 e. The number of nitrogens with zero attached hydrogens (tertiary/aromatic N) is 1. The summed E-state index contributed by atoms with van der Waals surface area (Å²) < 4.78 is 32.1. The highest BCUT2D eigenvalue weighted by molar-refractivity contribution is 7.89. The molecule has 1 heterocycles. The maximum absolute atomic E-state index is 11.9. The first-order valence-corrected chi connectivity index (χ1v) is 8.67. The van der Waals surface area contributed by atoms with Gasteiger partial charge in [0, 0.05) is 12.7 Å². The molecule has 1 aromatic rings. The van der Waals surface area contributed by atoms with Gasteiger partial charge in [-0.1, -0.05) is 30.9 Å². The number of ether oxygens (including phenoxy) is 1. The molecule has 0 radical (unpaired) electrons. The molecular weight excluding hydrogens is 300 g/mol. The Labute approximate surface area is 124 Å². The van der Waals surface area contributed by atoms with Crippen molar-refractivity contribution >= 4 is 21.6 Å². The second-order valence-electron chi connectivity index (χ2n) is 4.85. The van der Waals surface area contributed by atoms with Crippen LogP contribution in [-0.2, 0) is 14.8 Å². The van der Waals surface area contributed by atoms with Gasteiger partial charge in [-0.25, -0.2) is 18.1 Å². The van der Waals surface area contributed by atoms with Crippen molar-refractivity contribution in [3.63, 3.8) is 0 Å². The molecule has 0 amide bonds. The Balaban J connectivity index is 1.76. The van der Waals surface area contributed by atoms with Crippen molar-refractivity contribution in [2.75, 3.05) is 13.2 Å². The van der Waals surface area contributed by atoms with E-state index in [-0.39, 0.29) is 22.7 Å². The summed E-state index contributed by atoms with van der Waals surface area (Å²) in [5.41, 5.74) is 0. The number of hydrogen-bond donors (Lipinski definition) is 1. The minimum Gasteiger partial charge on any atom is -0.377 e. The van der Waals surface area contributed by atoms with Crippen LogP contribution >= 0.6 is 11.6 Å². The molecule has 20 heavy (non-hydrogen) atoms. The first kappa shape index (κ1) is 15.7. The molecule has 0 bridgehead atoms. The van der Waals surface area contributed by atoms with Gasteiger partial charge in [-0.2, -0.15) is 0 Å². The van der Waals surface area contributed by atoms with Crippen LogP contribution in [0, 0.1) is 0 Å². The molecule has 1 fully saturated rings. The summed E-state index contributed by atoms with van der Waals surface area (Å²) in [6.45, 7) is 0.659. The second-order valence-corrected chi connectivity index (χ2v) is 7.00. The fourth-order valence-electron chi connectivity index (χ4n) is 2.24. The maximum atomic E-state index is 11.9. The van der Waals surface area contributed by atoms with E-state index in [1.165, 1.54) is 37.6 Å². The van der Waals surface area contributed by atoms with Crippen LogP contribution in [0.5, 0.6) is 0 Å². The average molecular weight is 319 g/mol. The molecule has 112 valence electrons. The molecule has 0 aliphatic heterocycles. The predicted octanol–water partition coefficient (Wildman–Crippen LogP) is 2.36. The van der Waals surface area contributed by atoms with Crippen molar-refractivity contribution in [1.82, 2.24) is 9.71 Å². The van der Waals surface area contributed by atoms with Crippen molar-refractivity contribution < 1.29 is 13.2 Å². The number of pyridine rings is 1. The fraction of sp³-hybridized carbons (Fsp3) is 0.615. The highest BCUT2D eigenvalue weighted by Crippen LogP contribution is 2.20. The van der Waals surface area contributed by atoms with E-state index < -0.39 is 10.0 Å². The Morgan fingerprint density at radius 3 is 2.70 bits per heavy atom. The van der Waals surface area contributed by atoms with Gasteiger partial charge in [0.1, 0.15) is 10.0 Å². The van der Waals surface area contributed by atoms with Gasteiger partial charge in [-0.15, -0.1) is 0 Å². The molecule has 2 rings (SSSR count). The van der Waals surface area contributed by atoms with Gasteiger partial charge in [0.25, 0.3) is 0 Å². The SMILES string of the molecule is O=S(=O)(NCCOC1CCCCC1)c1ccc(Cl)nc1. The van der Waals surface area contributed by atoms with Crippen molar-refractivity contribution in [2.45, 2.75) is 43.1 Å². The third-order valence-corrected chi connectivity index (χ3v) is 4.98. The standard InChI is InChI=1S/C13H19ClN2O3S/c14-13-7-6-12(10-15-13)20(17,18)16-8-9-19-11-4-2-1-3-5-11/h6-7,10-11,16H,1-5,8-9H2. The third-order valence-electron chi connectivity index (χ3n) is 3.31. The van der Waals surface area contributed by atoms with E-state index >= 15 is 0 Å². The van der Waals surface area contributed by atoms with Gasteiger partial charge in [-0.3, -0.25) is 0 Å². The summed E-state index contributed by atoms with van der Waals surface area (Å²) in [6, 6.07) is 2.88. The minimum atomic E-state index is -3.53. The summed E-state index contributed by atoms with van der Waals surface area (Å²) in [5, 5.41) is 0.268. The summed E-state index contributed by atoms with van der Waals surface area (Å²) in [6.07, 6.45) is 7.36. The van der Waals surface area contributed by atoms with Crippen LogP contribution in [0.2, 0.25) is 5.15 Å². The number of sulfonamides is 1. The van der Waals surface area contributed by atoms with E-state index in [4.69, 9.17) is 16.3 Å². The zero-order chi connectivity index (χ0) is 14.4. The van der Waals surface area contributed by atoms with Crippen LogP contribution in [0.3, 0.4) is 0 Å². The van der Waals surface area contributed by atoms with Gasteiger partial charge >= 0.3 is 0 Å². The van der Waals surface area contributed by atoms with E-state index in [9.17, 15) is 8.42 Å². The molecule has 1 aliphatic rings. The molecule has 5 nitrogen and oxygen atoms in total. The Hall–Kier alpha value is -0.690. The number of hydrogen-bond acceptors (Lipinski definition) is 4. The first-order valence-electron chi connectivity index (χ1n) is 6.81. The normalized spacial score (nSPS) is 17.2. The van der Waals surface area contributed by atoms with E-state index in [0.717, 1.165) is 12.8 Å². The Kier molecular flexibility index (Phi) is 5.77. The van der Waals surface area contributed by atoms with Gasteiger partial charge in [-0.05, 0) is 25.0 Å². The van der Waals surface area contributed by atoms with Crippen molar-refractivity contribution in [3.8, 4) is 0 Å². The van der Waals surface area contributed by atoms with Crippen LogP contribution < -0.4 is 4.72 Å². The Morgan fingerprint density at radius 1 is 1.30 bits per heavy atom. The molecule has 0 saturated heterocycles. The van der Waals surface area contributed by atoms with Gasteiger partial charge < -0.3 is 4.74 Å². The lowest BCUT2D eigenvalue weighted by Crippen LogP contribution is -2.29. The number of aromatic nitrogens is 1. The highest BCUT2D eigenvalue weighted by atomic mass is 35.5. The summed E-state index contributed by atoms with van der Waals surface area (Å²) in [4.78, 5) is 3.87. The molecule has 0 aromatic carbocycles. The Bertz CT molecular complexity index is 513. The maximum Gasteiger partial charge on any atom is 0.242 e. The number of halogens is 1. The minimum absolute atomic E-state index is 0.111. The topological polar surface area (TPSA) is 68.3 Å². The van der Waals surface area contributed by atoms with Crippen LogP contribution in [0.15, 0.2) is 23.2 Å². The quantitative estimate of drug-likeness (QED) is 0.646. The van der Waals surface area contributed by atoms with Crippen LogP contribution in [0.4, 0.5) is 0 Å². The number of nitrogens with one attached hydrogen (secondary N) is 1. The van der Waals surface area contributed by atoms with E-state index in [1.807, 2.05) is 0 Å². The molecular formula is C13H19ClN2O3S. The summed E-state index contributed by atoms with van der Waals surface area (Å²) in [7, 11) is -3.53. The predicted molar refractivity (Wildman–Crippen MR) is 77.3 cm³/mol.